The topological polar surface area (TPSA) is 76.7 Å². The van der Waals surface area contributed by atoms with Gasteiger partial charge in [0.2, 0.25) is 5.91 Å². The third kappa shape index (κ3) is 4.75. The summed E-state index contributed by atoms with van der Waals surface area (Å²) in [5, 5.41) is 0. The van der Waals surface area contributed by atoms with Crippen molar-refractivity contribution in [1.82, 2.24) is 10.9 Å². The molecule has 0 aromatic heterocycles. The molecule has 0 aliphatic heterocycles. The maximum atomic E-state index is 12.5. The zero-order valence-corrected chi connectivity index (χ0v) is 15.2. The Balaban J connectivity index is 2.04. The summed E-state index contributed by atoms with van der Waals surface area (Å²) in [5.74, 6) is -0.0128. The Hall–Kier alpha value is -3.02. The SMILES string of the molecule is CCCC(C(=O)NNC(=O)c1ccc(OC)c(OC)c1)c1ccccc1. The van der Waals surface area contributed by atoms with Crippen LogP contribution in [-0.2, 0) is 4.79 Å². The number of carbonyl (C=O) groups is 2. The fourth-order valence-electron chi connectivity index (χ4n) is 2.68. The minimum atomic E-state index is -0.428. The van der Waals surface area contributed by atoms with Gasteiger partial charge in [-0.3, -0.25) is 20.4 Å². The second-order valence-electron chi connectivity index (χ2n) is 5.77. The molecule has 0 aliphatic carbocycles. The molecule has 2 amide bonds. The van der Waals surface area contributed by atoms with Gasteiger partial charge in [0.05, 0.1) is 20.1 Å². The molecule has 2 aromatic rings. The van der Waals surface area contributed by atoms with E-state index in [9.17, 15) is 9.59 Å². The molecule has 2 rings (SSSR count). The molecule has 0 saturated heterocycles. The summed E-state index contributed by atoms with van der Waals surface area (Å²) in [7, 11) is 3.02. The fraction of sp³-hybridized carbons (Fsp3) is 0.300. The number of benzene rings is 2. The minimum absolute atomic E-state index is 0.244. The van der Waals surface area contributed by atoms with Gasteiger partial charge in [0.1, 0.15) is 0 Å². The standard InChI is InChI=1S/C20H24N2O4/c1-4-8-16(14-9-6-5-7-10-14)20(24)22-21-19(23)15-11-12-17(25-2)18(13-15)26-3/h5-7,9-13,16H,4,8H2,1-3H3,(H,21,23)(H,22,24). The number of ether oxygens (including phenoxy) is 2. The molecule has 0 saturated carbocycles. The number of nitrogens with one attached hydrogen (secondary N) is 2. The largest absolute Gasteiger partial charge is 0.493 e. The van der Waals surface area contributed by atoms with E-state index in [-0.39, 0.29) is 11.8 Å². The highest BCUT2D eigenvalue weighted by molar-refractivity contribution is 5.96. The van der Waals surface area contributed by atoms with E-state index in [1.165, 1.54) is 14.2 Å². The number of methoxy groups -OCH3 is 2. The van der Waals surface area contributed by atoms with Crippen LogP contribution in [0, 0.1) is 0 Å². The first kappa shape index (κ1) is 19.3. The summed E-state index contributed by atoms with van der Waals surface area (Å²) >= 11 is 0. The van der Waals surface area contributed by atoms with Gasteiger partial charge in [-0.05, 0) is 30.2 Å². The van der Waals surface area contributed by atoms with Gasteiger partial charge in [0.25, 0.3) is 5.91 Å². The lowest BCUT2D eigenvalue weighted by molar-refractivity contribution is -0.123. The molecule has 2 aromatic carbocycles. The first-order valence-corrected chi connectivity index (χ1v) is 8.47. The van der Waals surface area contributed by atoms with Gasteiger partial charge < -0.3 is 9.47 Å². The number of hydrogen-bond donors (Lipinski definition) is 2. The zero-order chi connectivity index (χ0) is 18.9. The molecule has 0 heterocycles. The van der Waals surface area contributed by atoms with E-state index in [4.69, 9.17) is 9.47 Å². The minimum Gasteiger partial charge on any atom is -0.493 e. The van der Waals surface area contributed by atoms with Gasteiger partial charge in [-0.15, -0.1) is 0 Å². The third-order valence-electron chi connectivity index (χ3n) is 4.04. The van der Waals surface area contributed by atoms with Gasteiger partial charge in [-0.2, -0.15) is 0 Å². The van der Waals surface area contributed by atoms with Crippen LogP contribution in [0.15, 0.2) is 48.5 Å². The second kappa shape index (κ2) is 9.46. The molecule has 26 heavy (non-hydrogen) atoms. The van der Waals surface area contributed by atoms with Gasteiger partial charge in [-0.1, -0.05) is 43.7 Å². The smallest absolute Gasteiger partial charge is 0.269 e. The maximum Gasteiger partial charge on any atom is 0.269 e. The molecule has 0 radical (unpaired) electrons. The van der Waals surface area contributed by atoms with Crippen molar-refractivity contribution in [3.05, 3.63) is 59.7 Å². The summed E-state index contributed by atoms with van der Waals surface area (Å²) in [6, 6.07) is 14.3. The van der Waals surface area contributed by atoms with E-state index in [2.05, 4.69) is 10.9 Å². The van der Waals surface area contributed by atoms with Crippen LogP contribution in [0.5, 0.6) is 11.5 Å². The molecular weight excluding hydrogens is 332 g/mol. The number of hydrazine groups is 1. The maximum absolute atomic E-state index is 12.5. The molecule has 6 nitrogen and oxygen atoms in total. The quantitative estimate of drug-likeness (QED) is 0.748. The number of amides is 2. The third-order valence-corrected chi connectivity index (χ3v) is 4.04. The van der Waals surface area contributed by atoms with Crippen LogP contribution >= 0.6 is 0 Å². The van der Waals surface area contributed by atoms with Crippen LogP contribution in [0.2, 0.25) is 0 Å². The van der Waals surface area contributed by atoms with E-state index >= 15 is 0 Å². The van der Waals surface area contributed by atoms with Crippen molar-refractivity contribution in [2.45, 2.75) is 25.7 Å². The Bertz CT molecular complexity index is 747. The van der Waals surface area contributed by atoms with Crippen molar-refractivity contribution >= 4 is 11.8 Å². The average Bonchev–Trinajstić information content (AvgIpc) is 2.69. The highest BCUT2D eigenvalue weighted by Crippen LogP contribution is 2.27. The lowest BCUT2D eigenvalue weighted by Crippen LogP contribution is -2.44. The first-order chi connectivity index (χ1) is 12.6. The van der Waals surface area contributed by atoms with Crippen molar-refractivity contribution in [2.75, 3.05) is 14.2 Å². The van der Waals surface area contributed by atoms with Crippen molar-refractivity contribution in [1.29, 1.82) is 0 Å². The molecule has 2 N–H and O–H groups in total. The lowest BCUT2D eigenvalue weighted by atomic mass is 9.94. The molecule has 0 spiro atoms. The predicted molar refractivity (Wildman–Crippen MR) is 99.2 cm³/mol. The Morgan fingerprint density at radius 2 is 1.65 bits per heavy atom. The van der Waals surface area contributed by atoms with E-state index in [1.54, 1.807) is 18.2 Å². The molecule has 1 atom stereocenters. The summed E-state index contributed by atoms with van der Waals surface area (Å²) in [6.07, 6.45) is 1.55. The van der Waals surface area contributed by atoms with Gasteiger partial charge in [-0.25, -0.2) is 0 Å². The molecule has 1 unspecified atom stereocenters. The Morgan fingerprint density at radius 3 is 2.27 bits per heavy atom. The van der Waals surface area contributed by atoms with Crippen LogP contribution in [0.3, 0.4) is 0 Å². The predicted octanol–water partition coefficient (Wildman–Crippen LogP) is 3.05. The van der Waals surface area contributed by atoms with Gasteiger partial charge >= 0.3 is 0 Å². The molecular formula is C20H24N2O4. The highest BCUT2D eigenvalue weighted by atomic mass is 16.5. The summed E-state index contributed by atoms with van der Waals surface area (Å²) in [5.41, 5.74) is 6.26. The van der Waals surface area contributed by atoms with E-state index < -0.39 is 5.91 Å². The van der Waals surface area contributed by atoms with Crippen LogP contribution in [-0.4, -0.2) is 26.0 Å². The molecule has 0 aliphatic rings. The first-order valence-electron chi connectivity index (χ1n) is 8.47. The normalized spacial score (nSPS) is 11.3. The van der Waals surface area contributed by atoms with Crippen LogP contribution in [0.1, 0.15) is 41.6 Å². The fourth-order valence-corrected chi connectivity index (χ4v) is 2.68. The zero-order valence-electron chi connectivity index (χ0n) is 15.2. The Kier molecular flexibility index (Phi) is 7.02. The molecule has 0 fully saturated rings. The van der Waals surface area contributed by atoms with Crippen LogP contribution < -0.4 is 20.3 Å². The molecule has 138 valence electrons. The number of carbonyl (C=O) groups excluding carboxylic acids is 2. The van der Waals surface area contributed by atoms with Crippen LogP contribution in [0.4, 0.5) is 0 Å². The average molecular weight is 356 g/mol. The van der Waals surface area contributed by atoms with Crippen molar-refractivity contribution < 1.29 is 19.1 Å². The van der Waals surface area contributed by atoms with Gasteiger partial charge in [0.15, 0.2) is 11.5 Å². The Labute approximate surface area is 153 Å². The summed E-state index contributed by atoms with van der Waals surface area (Å²) in [4.78, 5) is 24.8. The second-order valence-corrected chi connectivity index (χ2v) is 5.77. The van der Waals surface area contributed by atoms with E-state index in [0.29, 0.717) is 23.5 Å². The van der Waals surface area contributed by atoms with E-state index in [0.717, 1.165) is 12.0 Å². The summed E-state index contributed by atoms with van der Waals surface area (Å²) < 4.78 is 10.3. The number of rotatable bonds is 7. The Morgan fingerprint density at radius 1 is 0.962 bits per heavy atom. The summed E-state index contributed by atoms with van der Waals surface area (Å²) in [6.45, 7) is 2.02. The van der Waals surface area contributed by atoms with Crippen molar-refractivity contribution in [3.8, 4) is 11.5 Å². The van der Waals surface area contributed by atoms with Crippen molar-refractivity contribution in [2.24, 2.45) is 0 Å². The highest BCUT2D eigenvalue weighted by Gasteiger charge is 2.20. The molecule has 0 bridgehead atoms. The van der Waals surface area contributed by atoms with Crippen molar-refractivity contribution in [3.63, 3.8) is 0 Å². The van der Waals surface area contributed by atoms with Crippen LogP contribution in [0.25, 0.3) is 0 Å². The lowest BCUT2D eigenvalue weighted by Gasteiger charge is -2.17. The van der Waals surface area contributed by atoms with Gasteiger partial charge in [0, 0.05) is 5.56 Å². The van der Waals surface area contributed by atoms with E-state index in [1.807, 2.05) is 37.3 Å². The number of hydrogen-bond acceptors (Lipinski definition) is 4. The molecule has 6 heteroatoms. The monoisotopic (exact) mass is 356 g/mol.